The van der Waals surface area contributed by atoms with Crippen LogP contribution in [0.25, 0.3) is 0 Å². The average molecular weight is 475 g/mol. The smallest absolute Gasteiger partial charge is 0.305 e. The lowest BCUT2D eigenvalue weighted by atomic mass is 10.1. The first kappa shape index (κ1) is 33.1. The quantitative estimate of drug-likeness (QED) is 0.146. The molecule has 0 rings (SSSR count). The summed E-state index contributed by atoms with van der Waals surface area (Å²) in [6.07, 6.45) is 13.5. The SMILES string of the molecule is CCCCCCCC(=O)OCC(COC(C)=O)OC(C)=O.CCCCCCCCCC(=O)O. The number of carbonyl (C=O) groups excluding carboxylic acids is 3. The van der Waals surface area contributed by atoms with E-state index in [0.717, 1.165) is 38.5 Å². The molecule has 0 saturated heterocycles. The Labute approximate surface area is 199 Å². The highest BCUT2D eigenvalue weighted by atomic mass is 16.6. The zero-order valence-electron chi connectivity index (χ0n) is 21.2. The number of unbranched alkanes of at least 4 members (excludes halogenated alkanes) is 10. The zero-order valence-corrected chi connectivity index (χ0v) is 21.2. The number of rotatable bonds is 19. The van der Waals surface area contributed by atoms with Crippen molar-refractivity contribution in [2.45, 2.75) is 124 Å². The van der Waals surface area contributed by atoms with E-state index >= 15 is 0 Å². The molecule has 0 aromatic rings. The van der Waals surface area contributed by atoms with Gasteiger partial charge in [0.25, 0.3) is 0 Å². The molecule has 0 spiro atoms. The lowest BCUT2D eigenvalue weighted by molar-refractivity contribution is -0.164. The van der Waals surface area contributed by atoms with Gasteiger partial charge in [0.2, 0.25) is 0 Å². The number of carbonyl (C=O) groups is 4. The largest absolute Gasteiger partial charge is 0.481 e. The number of esters is 3. The molecule has 1 atom stereocenters. The summed E-state index contributed by atoms with van der Waals surface area (Å²) in [4.78, 5) is 43.3. The maximum absolute atomic E-state index is 11.5. The predicted octanol–water partition coefficient (Wildman–Crippen LogP) is 5.60. The van der Waals surface area contributed by atoms with Crippen LogP contribution in [-0.2, 0) is 33.4 Å². The highest BCUT2D eigenvalue weighted by molar-refractivity contribution is 5.69. The van der Waals surface area contributed by atoms with Crippen molar-refractivity contribution in [1.82, 2.24) is 0 Å². The topological polar surface area (TPSA) is 116 Å². The third kappa shape index (κ3) is 29.9. The van der Waals surface area contributed by atoms with Gasteiger partial charge >= 0.3 is 23.9 Å². The fraction of sp³-hybridized carbons (Fsp3) is 0.840. The minimum atomic E-state index is -0.754. The molecule has 0 saturated carbocycles. The van der Waals surface area contributed by atoms with E-state index in [9.17, 15) is 19.2 Å². The second-order valence-electron chi connectivity index (χ2n) is 8.15. The van der Waals surface area contributed by atoms with E-state index in [1.165, 1.54) is 52.4 Å². The van der Waals surface area contributed by atoms with Gasteiger partial charge in [-0.15, -0.1) is 0 Å². The molecular formula is C25H46O8. The van der Waals surface area contributed by atoms with Crippen LogP contribution in [-0.4, -0.2) is 48.3 Å². The van der Waals surface area contributed by atoms with Crippen molar-refractivity contribution in [2.75, 3.05) is 13.2 Å². The Hall–Kier alpha value is -2.12. The van der Waals surface area contributed by atoms with Crippen molar-refractivity contribution in [3.05, 3.63) is 0 Å². The van der Waals surface area contributed by atoms with E-state index in [1.807, 2.05) is 0 Å². The first-order valence-electron chi connectivity index (χ1n) is 12.4. The Balaban J connectivity index is 0. The van der Waals surface area contributed by atoms with Gasteiger partial charge in [0.15, 0.2) is 6.10 Å². The standard InChI is InChI=1S/C15H26O6.C10H20O2/c1-4-5-6-7-8-9-15(18)20-11-14(21-13(3)17)10-19-12(2)16;1-2-3-4-5-6-7-8-9-10(11)12/h14H,4-11H2,1-3H3;2-9H2,1H3,(H,11,12). The van der Waals surface area contributed by atoms with Crippen LogP contribution >= 0.6 is 0 Å². The molecular weight excluding hydrogens is 428 g/mol. The highest BCUT2D eigenvalue weighted by Crippen LogP contribution is 2.08. The second-order valence-corrected chi connectivity index (χ2v) is 8.15. The van der Waals surface area contributed by atoms with Crippen LogP contribution in [0.4, 0.5) is 0 Å². The molecule has 0 bridgehead atoms. The molecule has 0 heterocycles. The molecule has 1 unspecified atom stereocenters. The molecule has 0 aromatic heterocycles. The third-order valence-electron chi connectivity index (χ3n) is 4.71. The summed E-state index contributed by atoms with van der Waals surface area (Å²) in [5.41, 5.74) is 0. The normalized spacial score (nSPS) is 11.0. The predicted molar refractivity (Wildman–Crippen MR) is 127 cm³/mol. The van der Waals surface area contributed by atoms with Gasteiger partial charge in [0.1, 0.15) is 13.2 Å². The molecule has 1 N–H and O–H groups in total. The molecule has 8 heteroatoms. The second kappa shape index (κ2) is 24.5. The Morgan fingerprint density at radius 1 is 0.636 bits per heavy atom. The summed E-state index contributed by atoms with van der Waals surface area (Å²) in [5, 5.41) is 8.35. The van der Waals surface area contributed by atoms with Crippen molar-refractivity contribution in [2.24, 2.45) is 0 Å². The molecule has 0 fully saturated rings. The third-order valence-corrected chi connectivity index (χ3v) is 4.71. The van der Waals surface area contributed by atoms with E-state index < -0.39 is 24.0 Å². The van der Waals surface area contributed by atoms with Crippen molar-refractivity contribution in [3.63, 3.8) is 0 Å². The highest BCUT2D eigenvalue weighted by Gasteiger charge is 2.16. The number of aliphatic carboxylic acids is 1. The molecule has 0 aliphatic carbocycles. The van der Waals surface area contributed by atoms with Crippen molar-refractivity contribution >= 4 is 23.9 Å². The van der Waals surface area contributed by atoms with Crippen LogP contribution in [0.2, 0.25) is 0 Å². The van der Waals surface area contributed by atoms with Gasteiger partial charge in [-0.3, -0.25) is 19.2 Å². The van der Waals surface area contributed by atoms with E-state index in [1.54, 1.807) is 0 Å². The van der Waals surface area contributed by atoms with Crippen LogP contribution < -0.4 is 0 Å². The van der Waals surface area contributed by atoms with Gasteiger partial charge in [-0.1, -0.05) is 78.1 Å². The lowest BCUT2D eigenvalue weighted by Crippen LogP contribution is -2.29. The maximum atomic E-state index is 11.5. The van der Waals surface area contributed by atoms with Gasteiger partial charge in [-0.2, -0.15) is 0 Å². The number of hydrogen-bond donors (Lipinski definition) is 1. The zero-order chi connectivity index (χ0) is 25.3. The van der Waals surface area contributed by atoms with Crippen LogP contribution in [0.15, 0.2) is 0 Å². The molecule has 33 heavy (non-hydrogen) atoms. The van der Waals surface area contributed by atoms with Crippen LogP contribution in [0.1, 0.15) is 118 Å². The van der Waals surface area contributed by atoms with Crippen LogP contribution in [0.5, 0.6) is 0 Å². The summed E-state index contributed by atoms with van der Waals surface area (Å²) in [6.45, 7) is 6.62. The molecule has 0 amide bonds. The Morgan fingerprint density at radius 2 is 1.09 bits per heavy atom. The molecule has 0 radical (unpaired) electrons. The van der Waals surface area contributed by atoms with Crippen molar-refractivity contribution in [3.8, 4) is 0 Å². The fourth-order valence-electron chi connectivity index (χ4n) is 2.93. The lowest BCUT2D eigenvalue weighted by Gasteiger charge is -2.16. The van der Waals surface area contributed by atoms with Gasteiger partial charge in [-0.25, -0.2) is 0 Å². The van der Waals surface area contributed by atoms with E-state index in [0.29, 0.717) is 12.8 Å². The molecule has 0 aliphatic rings. The number of ether oxygens (including phenoxy) is 3. The van der Waals surface area contributed by atoms with Crippen molar-refractivity contribution in [1.29, 1.82) is 0 Å². The minimum Gasteiger partial charge on any atom is -0.481 e. The first-order valence-corrected chi connectivity index (χ1v) is 12.4. The number of carboxylic acid groups (broad SMARTS) is 1. The van der Waals surface area contributed by atoms with E-state index in [-0.39, 0.29) is 19.2 Å². The summed E-state index contributed by atoms with van der Waals surface area (Å²) in [5.74, 6) is -1.98. The molecule has 0 aromatic carbocycles. The Morgan fingerprint density at radius 3 is 1.55 bits per heavy atom. The monoisotopic (exact) mass is 474 g/mol. The number of carboxylic acids is 1. The minimum absolute atomic E-state index is 0.0966. The van der Waals surface area contributed by atoms with Gasteiger partial charge in [-0.05, 0) is 12.8 Å². The maximum Gasteiger partial charge on any atom is 0.305 e. The Bertz CT molecular complexity index is 519. The van der Waals surface area contributed by atoms with Gasteiger partial charge in [0.05, 0.1) is 0 Å². The van der Waals surface area contributed by atoms with Crippen LogP contribution in [0, 0.1) is 0 Å². The molecule has 8 nitrogen and oxygen atoms in total. The molecule has 0 aliphatic heterocycles. The summed E-state index contributed by atoms with van der Waals surface area (Å²) in [7, 11) is 0. The van der Waals surface area contributed by atoms with Gasteiger partial charge in [0, 0.05) is 26.7 Å². The fourth-order valence-corrected chi connectivity index (χ4v) is 2.93. The summed E-state index contributed by atoms with van der Waals surface area (Å²) >= 11 is 0. The van der Waals surface area contributed by atoms with Crippen molar-refractivity contribution < 1.29 is 38.5 Å². The number of hydrogen-bond acceptors (Lipinski definition) is 7. The Kier molecular flexibility index (Phi) is 24.6. The summed E-state index contributed by atoms with van der Waals surface area (Å²) in [6, 6.07) is 0. The van der Waals surface area contributed by atoms with E-state index in [4.69, 9.17) is 19.3 Å². The van der Waals surface area contributed by atoms with Crippen LogP contribution in [0.3, 0.4) is 0 Å². The average Bonchev–Trinajstić information content (AvgIpc) is 2.74. The molecule has 194 valence electrons. The van der Waals surface area contributed by atoms with E-state index in [2.05, 4.69) is 13.8 Å². The first-order chi connectivity index (χ1) is 15.7. The summed E-state index contributed by atoms with van der Waals surface area (Å²) < 4.78 is 14.7. The van der Waals surface area contributed by atoms with Gasteiger partial charge < -0.3 is 19.3 Å².